The molecule has 1 heterocycles. The molecular formula is C22H23N3O7. The number of esters is 1. The number of allylic oxidation sites excluding steroid dienone is 2. The number of benzene rings is 1. The van der Waals surface area contributed by atoms with E-state index in [2.05, 4.69) is 5.32 Å². The first-order valence-electron chi connectivity index (χ1n) is 10.4. The number of non-ortho nitro benzene ring substituents is 1. The van der Waals surface area contributed by atoms with E-state index in [1.54, 1.807) is 13.8 Å². The molecule has 5 atom stereocenters. The van der Waals surface area contributed by atoms with E-state index in [0.717, 1.165) is 11.3 Å². The van der Waals surface area contributed by atoms with Gasteiger partial charge < -0.3 is 10.1 Å². The maximum absolute atomic E-state index is 13.0. The molecule has 1 aliphatic heterocycles. The Morgan fingerprint density at radius 1 is 1.19 bits per heavy atom. The molecular weight excluding hydrogens is 418 g/mol. The van der Waals surface area contributed by atoms with Gasteiger partial charge in [0.05, 0.1) is 16.8 Å². The monoisotopic (exact) mass is 441 g/mol. The smallest absolute Gasteiger partial charge is 0.330 e. The summed E-state index contributed by atoms with van der Waals surface area (Å²) < 4.78 is 5.13. The number of rotatable bonds is 7. The standard InChI is InChI=1S/C22H23N3O7/c1-11(2)19(24-20(27)17-12-6-7-13(8-12)18(17)21(24)28)22(29)32-10-16(26)23-14-4-3-5-15(9-14)25(30)31/h3-7,9,11-13,17-19H,8,10H2,1-2H3,(H,23,26)/t12-,13-,17-,18+,19+/m0/s1. The number of likely N-dealkylation sites (tertiary alicyclic amines) is 1. The molecule has 3 aliphatic rings. The molecule has 1 aromatic rings. The van der Waals surface area contributed by atoms with Crippen LogP contribution in [0, 0.1) is 39.7 Å². The van der Waals surface area contributed by atoms with Crippen molar-refractivity contribution in [3.63, 3.8) is 0 Å². The maximum atomic E-state index is 13.0. The predicted octanol–water partition coefficient (Wildman–Crippen LogP) is 1.91. The maximum Gasteiger partial charge on any atom is 0.330 e. The average Bonchev–Trinajstić information content (AvgIpc) is 3.42. The van der Waals surface area contributed by atoms with Gasteiger partial charge in [-0.1, -0.05) is 32.1 Å². The van der Waals surface area contributed by atoms with Crippen LogP contribution in [0.5, 0.6) is 0 Å². The van der Waals surface area contributed by atoms with E-state index in [1.807, 2.05) is 12.2 Å². The summed E-state index contributed by atoms with van der Waals surface area (Å²) in [5, 5.41) is 13.3. The Balaban J connectivity index is 1.41. The van der Waals surface area contributed by atoms with E-state index in [4.69, 9.17) is 4.74 Å². The summed E-state index contributed by atoms with van der Waals surface area (Å²) in [4.78, 5) is 62.3. The molecule has 168 valence electrons. The molecule has 0 unspecified atom stereocenters. The van der Waals surface area contributed by atoms with Crippen molar-refractivity contribution in [2.24, 2.45) is 29.6 Å². The van der Waals surface area contributed by atoms with Gasteiger partial charge in [-0.2, -0.15) is 0 Å². The summed E-state index contributed by atoms with van der Waals surface area (Å²) in [5.74, 6) is -3.45. The van der Waals surface area contributed by atoms with Crippen molar-refractivity contribution >= 4 is 35.1 Å². The van der Waals surface area contributed by atoms with Crippen molar-refractivity contribution < 1.29 is 28.8 Å². The molecule has 4 rings (SSSR count). The zero-order chi connectivity index (χ0) is 23.2. The van der Waals surface area contributed by atoms with Crippen molar-refractivity contribution in [3.05, 3.63) is 46.5 Å². The summed E-state index contributed by atoms with van der Waals surface area (Å²) in [6.45, 7) is 2.76. The fraction of sp³-hybridized carbons (Fsp3) is 0.455. The van der Waals surface area contributed by atoms with Crippen LogP contribution in [0.25, 0.3) is 0 Å². The molecule has 2 aliphatic carbocycles. The van der Waals surface area contributed by atoms with Crippen molar-refractivity contribution in [1.82, 2.24) is 4.90 Å². The quantitative estimate of drug-likeness (QED) is 0.224. The fourth-order valence-electron chi connectivity index (χ4n) is 4.99. The van der Waals surface area contributed by atoms with E-state index in [9.17, 15) is 29.3 Å². The number of nitro groups is 1. The number of nitrogens with zero attached hydrogens (tertiary/aromatic N) is 2. The Bertz CT molecular complexity index is 1000. The zero-order valence-electron chi connectivity index (χ0n) is 17.6. The minimum Gasteiger partial charge on any atom is -0.454 e. The molecule has 10 heteroatoms. The van der Waals surface area contributed by atoms with Gasteiger partial charge in [-0.25, -0.2) is 4.79 Å². The third-order valence-electron chi connectivity index (χ3n) is 6.34. The van der Waals surface area contributed by atoms with Crippen LogP contribution in [0.1, 0.15) is 20.3 Å². The van der Waals surface area contributed by atoms with Gasteiger partial charge >= 0.3 is 5.97 Å². The lowest BCUT2D eigenvalue weighted by Crippen LogP contribution is -2.50. The minimum absolute atomic E-state index is 0.0241. The SMILES string of the molecule is CC(C)[C@H](C(=O)OCC(=O)Nc1cccc([N+](=O)[O-])c1)N1C(=O)[C@@H]2[C@H](C1=O)[C@H]1C=C[C@H]2C1. The van der Waals surface area contributed by atoms with Gasteiger partial charge in [0.25, 0.3) is 11.6 Å². The van der Waals surface area contributed by atoms with Gasteiger partial charge in [-0.15, -0.1) is 0 Å². The summed E-state index contributed by atoms with van der Waals surface area (Å²) in [7, 11) is 0. The van der Waals surface area contributed by atoms with Gasteiger partial charge in [0, 0.05) is 17.8 Å². The van der Waals surface area contributed by atoms with E-state index < -0.39 is 47.2 Å². The number of carbonyl (C=O) groups is 4. The molecule has 10 nitrogen and oxygen atoms in total. The first-order chi connectivity index (χ1) is 15.2. The number of hydrogen-bond donors (Lipinski definition) is 1. The minimum atomic E-state index is -1.12. The summed E-state index contributed by atoms with van der Waals surface area (Å²) >= 11 is 0. The second-order valence-corrected chi connectivity index (χ2v) is 8.70. The molecule has 0 aromatic heterocycles. The number of nitro benzene ring substituents is 1. The van der Waals surface area contributed by atoms with Gasteiger partial charge in [0.15, 0.2) is 6.61 Å². The predicted molar refractivity (Wildman–Crippen MR) is 111 cm³/mol. The number of fused-ring (bicyclic) bond motifs is 5. The van der Waals surface area contributed by atoms with Crippen LogP contribution >= 0.6 is 0 Å². The summed E-state index contributed by atoms with van der Waals surface area (Å²) in [6.07, 6.45) is 4.73. The lowest BCUT2D eigenvalue weighted by Gasteiger charge is -2.28. The van der Waals surface area contributed by atoms with Crippen molar-refractivity contribution in [2.75, 3.05) is 11.9 Å². The first-order valence-corrected chi connectivity index (χ1v) is 10.4. The number of nitrogens with one attached hydrogen (secondary N) is 1. The Labute approximate surface area is 183 Å². The Morgan fingerprint density at radius 3 is 2.38 bits per heavy atom. The van der Waals surface area contributed by atoms with E-state index >= 15 is 0 Å². The van der Waals surface area contributed by atoms with Crippen LogP contribution in [-0.4, -0.2) is 46.2 Å². The molecule has 2 bridgehead atoms. The number of hydrogen-bond acceptors (Lipinski definition) is 7. The van der Waals surface area contributed by atoms with Crippen LogP contribution in [-0.2, 0) is 23.9 Å². The number of anilines is 1. The number of ether oxygens (including phenoxy) is 1. The Kier molecular flexibility index (Phi) is 5.53. The number of imide groups is 1. The van der Waals surface area contributed by atoms with Crippen molar-refractivity contribution in [1.29, 1.82) is 0 Å². The Hall–Kier alpha value is -3.56. The van der Waals surface area contributed by atoms with E-state index in [-0.39, 0.29) is 35.0 Å². The van der Waals surface area contributed by atoms with E-state index in [0.29, 0.717) is 0 Å². The normalized spacial score (nSPS) is 26.4. The highest BCUT2D eigenvalue weighted by molar-refractivity contribution is 6.09. The molecule has 0 radical (unpaired) electrons. The van der Waals surface area contributed by atoms with Gasteiger partial charge in [-0.3, -0.25) is 29.4 Å². The molecule has 32 heavy (non-hydrogen) atoms. The van der Waals surface area contributed by atoms with E-state index in [1.165, 1.54) is 24.3 Å². The highest BCUT2D eigenvalue weighted by Crippen LogP contribution is 2.53. The Morgan fingerprint density at radius 2 is 1.81 bits per heavy atom. The fourth-order valence-corrected chi connectivity index (χ4v) is 4.99. The lowest BCUT2D eigenvalue weighted by atomic mass is 9.85. The van der Waals surface area contributed by atoms with Gasteiger partial charge in [-0.05, 0) is 30.2 Å². The molecule has 1 saturated carbocycles. The van der Waals surface area contributed by atoms with Gasteiger partial charge in [0.1, 0.15) is 6.04 Å². The third-order valence-corrected chi connectivity index (χ3v) is 6.34. The third kappa shape index (κ3) is 3.65. The summed E-state index contributed by atoms with van der Waals surface area (Å²) in [6, 6.07) is 4.22. The number of amides is 3. The molecule has 2 fully saturated rings. The average molecular weight is 441 g/mol. The van der Waals surface area contributed by atoms with Crippen molar-refractivity contribution in [3.8, 4) is 0 Å². The molecule has 1 N–H and O–H groups in total. The van der Waals surface area contributed by atoms with Crippen LogP contribution in [0.15, 0.2) is 36.4 Å². The first kappa shape index (κ1) is 21.7. The second kappa shape index (κ2) is 8.18. The molecule has 3 amide bonds. The van der Waals surface area contributed by atoms with Crippen LogP contribution in [0.4, 0.5) is 11.4 Å². The van der Waals surface area contributed by atoms with Crippen LogP contribution in [0.3, 0.4) is 0 Å². The largest absolute Gasteiger partial charge is 0.454 e. The molecule has 0 spiro atoms. The van der Waals surface area contributed by atoms with Crippen LogP contribution < -0.4 is 5.32 Å². The highest BCUT2D eigenvalue weighted by atomic mass is 16.6. The number of carbonyl (C=O) groups excluding carboxylic acids is 4. The van der Waals surface area contributed by atoms with Crippen molar-refractivity contribution in [2.45, 2.75) is 26.3 Å². The summed E-state index contributed by atoms with van der Waals surface area (Å²) in [5.41, 5.74) is -0.0129. The van der Waals surface area contributed by atoms with Gasteiger partial charge in [0.2, 0.25) is 11.8 Å². The lowest BCUT2D eigenvalue weighted by molar-refractivity contribution is -0.384. The zero-order valence-corrected chi connectivity index (χ0v) is 17.6. The topological polar surface area (TPSA) is 136 Å². The molecule has 1 aromatic carbocycles. The second-order valence-electron chi connectivity index (χ2n) is 8.70. The highest BCUT2D eigenvalue weighted by Gasteiger charge is 2.61. The van der Waals surface area contributed by atoms with Crippen LogP contribution in [0.2, 0.25) is 0 Å². The molecule has 1 saturated heterocycles.